The van der Waals surface area contributed by atoms with Crippen molar-refractivity contribution in [2.75, 3.05) is 0 Å². The van der Waals surface area contributed by atoms with E-state index in [2.05, 4.69) is 4.98 Å². The molecule has 0 aliphatic heterocycles. The Balaban J connectivity index is 3.17. The van der Waals surface area contributed by atoms with Crippen LogP contribution in [0.25, 0.3) is 0 Å². The van der Waals surface area contributed by atoms with Gasteiger partial charge in [-0.1, -0.05) is 11.0 Å². The first-order valence-electron chi connectivity index (χ1n) is 2.79. The number of hydrogen-bond donors (Lipinski definition) is 0. The summed E-state index contributed by atoms with van der Waals surface area (Å²) in [5.74, 6) is -0.405. The zero-order valence-corrected chi connectivity index (χ0v) is 5.48. The van der Waals surface area contributed by atoms with Gasteiger partial charge in [-0.2, -0.15) is 4.39 Å². The van der Waals surface area contributed by atoms with Gasteiger partial charge < -0.3 is 0 Å². The maximum absolute atomic E-state index is 12.2. The van der Waals surface area contributed by atoms with Crippen LogP contribution in [0.3, 0.4) is 0 Å². The van der Waals surface area contributed by atoms with E-state index in [9.17, 15) is 4.39 Å². The lowest BCUT2D eigenvalue weighted by molar-refractivity contribution is 0.583. The molecule has 1 aromatic heterocycles. The predicted molar refractivity (Wildman–Crippen MR) is 37.1 cm³/mol. The van der Waals surface area contributed by atoms with Gasteiger partial charge in [-0.3, -0.25) is 0 Å². The summed E-state index contributed by atoms with van der Waals surface area (Å²) in [6.07, 6.45) is 1.53. The molecule has 0 amide bonds. The number of aromatic nitrogens is 1. The lowest BCUT2D eigenvalue weighted by Gasteiger charge is -1.95. The molecule has 1 heterocycles. The molecule has 46 valence electrons. The third-order valence-electron chi connectivity index (χ3n) is 1.34. The molecule has 0 bridgehead atoms. The number of rotatable bonds is 0. The summed E-state index contributed by atoms with van der Waals surface area (Å²) in [4.78, 5) is 3.47. The minimum absolute atomic E-state index is 0.405. The quantitative estimate of drug-likeness (QED) is 0.343. The molecule has 0 radical (unpaired) electrons. The van der Waals surface area contributed by atoms with Crippen LogP contribution in [-0.2, 0) is 0 Å². The van der Waals surface area contributed by atoms with Gasteiger partial charge in [-0.05, 0) is 13.0 Å². The highest BCUT2D eigenvalue weighted by Gasteiger charge is 1.93. The minimum atomic E-state index is -0.405. The average Bonchev–Trinajstić information content (AvgIpc) is 1.80. The molecule has 0 atom stereocenters. The second-order valence-corrected chi connectivity index (χ2v) is 2.09. The van der Waals surface area contributed by atoms with Crippen molar-refractivity contribution in [2.24, 2.45) is 0 Å². The third kappa shape index (κ3) is 1.28. The second-order valence-electron chi connectivity index (χ2n) is 2.09. The molecule has 0 aliphatic rings. The summed E-state index contributed by atoms with van der Waals surface area (Å²) in [5.41, 5.74) is 1.97. The van der Waals surface area contributed by atoms with Crippen LogP contribution in [0.15, 0.2) is 12.3 Å². The molecule has 0 N–H and O–H groups in total. The van der Waals surface area contributed by atoms with Gasteiger partial charge in [-0.25, -0.2) is 4.98 Å². The Morgan fingerprint density at radius 3 is 2.78 bits per heavy atom. The molecule has 0 saturated heterocycles. The molecule has 0 saturated carbocycles. The van der Waals surface area contributed by atoms with E-state index >= 15 is 0 Å². The Morgan fingerprint density at radius 2 is 2.33 bits per heavy atom. The van der Waals surface area contributed by atoms with Gasteiger partial charge in [-0.15, -0.1) is 0 Å². The smallest absolute Gasteiger partial charge is 0.213 e. The Kier molecular flexibility index (Phi) is 1.51. The van der Waals surface area contributed by atoms with Crippen LogP contribution >= 0.6 is 0 Å². The molecule has 1 rings (SSSR count). The maximum Gasteiger partial charge on any atom is 0.213 e. The van der Waals surface area contributed by atoms with Crippen molar-refractivity contribution in [3.8, 4) is 0 Å². The third-order valence-corrected chi connectivity index (χ3v) is 1.34. The number of hydrogen-bond acceptors (Lipinski definition) is 1. The van der Waals surface area contributed by atoms with E-state index in [4.69, 9.17) is 0 Å². The summed E-state index contributed by atoms with van der Waals surface area (Å²) in [7, 11) is 1.90. The van der Waals surface area contributed by atoms with Crippen LogP contribution in [0.5, 0.6) is 0 Å². The Labute approximate surface area is 54.3 Å². The number of aryl methyl sites for hydroxylation is 1. The average molecular weight is 123 g/mol. The standard InChI is InChI=1S/C6H7BFN/c1-4-2-6(8)9-3-5(4)7/h2-3H,7H2,1H3. The van der Waals surface area contributed by atoms with Gasteiger partial charge in [0.15, 0.2) is 0 Å². The van der Waals surface area contributed by atoms with Crippen LogP contribution in [0.1, 0.15) is 5.56 Å². The van der Waals surface area contributed by atoms with E-state index in [1.54, 1.807) is 0 Å². The van der Waals surface area contributed by atoms with Crippen molar-refractivity contribution < 1.29 is 4.39 Å². The van der Waals surface area contributed by atoms with E-state index in [1.165, 1.54) is 12.3 Å². The van der Waals surface area contributed by atoms with E-state index < -0.39 is 5.95 Å². The van der Waals surface area contributed by atoms with Crippen molar-refractivity contribution in [1.29, 1.82) is 0 Å². The van der Waals surface area contributed by atoms with Crippen LogP contribution in [0.2, 0.25) is 0 Å². The number of pyridine rings is 1. The van der Waals surface area contributed by atoms with Crippen molar-refractivity contribution in [1.82, 2.24) is 4.98 Å². The zero-order valence-electron chi connectivity index (χ0n) is 5.48. The van der Waals surface area contributed by atoms with E-state index in [0.29, 0.717) is 0 Å². The molecule has 0 unspecified atom stereocenters. The van der Waals surface area contributed by atoms with Crippen LogP contribution in [0.4, 0.5) is 4.39 Å². The maximum atomic E-state index is 12.2. The summed E-state index contributed by atoms with van der Waals surface area (Å²) in [6.45, 7) is 1.86. The monoisotopic (exact) mass is 123 g/mol. The van der Waals surface area contributed by atoms with Gasteiger partial charge in [0.1, 0.15) is 7.85 Å². The van der Waals surface area contributed by atoms with Crippen molar-refractivity contribution in [3.05, 3.63) is 23.8 Å². The molecular formula is C6H7BFN. The molecule has 0 fully saturated rings. The first-order chi connectivity index (χ1) is 4.20. The second kappa shape index (κ2) is 2.17. The highest BCUT2D eigenvalue weighted by molar-refractivity contribution is 6.33. The van der Waals surface area contributed by atoms with Crippen LogP contribution in [-0.4, -0.2) is 12.8 Å². The Morgan fingerprint density at radius 1 is 1.67 bits per heavy atom. The molecule has 0 aliphatic carbocycles. The predicted octanol–water partition coefficient (Wildman–Crippen LogP) is -0.212. The number of nitrogens with zero attached hydrogens (tertiary/aromatic N) is 1. The summed E-state index contributed by atoms with van der Waals surface area (Å²) >= 11 is 0. The largest absolute Gasteiger partial charge is 0.229 e. The lowest BCUT2D eigenvalue weighted by atomic mass is 9.94. The summed E-state index contributed by atoms with van der Waals surface area (Å²) in [5, 5.41) is 0. The fourth-order valence-electron chi connectivity index (χ4n) is 0.590. The molecule has 3 heteroatoms. The highest BCUT2D eigenvalue weighted by Crippen LogP contribution is 1.92. The molecule has 1 nitrogen and oxygen atoms in total. The first kappa shape index (κ1) is 6.27. The Bertz CT molecular complexity index is 224. The van der Waals surface area contributed by atoms with Crippen LogP contribution in [0, 0.1) is 12.9 Å². The minimum Gasteiger partial charge on any atom is -0.229 e. The van der Waals surface area contributed by atoms with Gasteiger partial charge in [0.25, 0.3) is 0 Å². The topological polar surface area (TPSA) is 12.9 Å². The fourth-order valence-corrected chi connectivity index (χ4v) is 0.590. The SMILES string of the molecule is Bc1cnc(F)cc1C. The fraction of sp³-hybridized carbons (Fsp3) is 0.167. The van der Waals surface area contributed by atoms with Gasteiger partial charge >= 0.3 is 0 Å². The zero-order chi connectivity index (χ0) is 6.85. The van der Waals surface area contributed by atoms with Crippen molar-refractivity contribution in [3.63, 3.8) is 0 Å². The van der Waals surface area contributed by atoms with E-state index in [1.807, 2.05) is 14.8 Å². The molecule has 9 heavy (non-hydrogen) atoms. The summed E-state index contributed by atoms with van der Waals surface area (Å²) in [6, 6.07) is 1.43. The van der Waals surface area contributed by atoms with E-state index in [-0.39, 0.29) is 0 Å². The highest BCUT2D eigenvalue weighted by atomic mass is 19.1. The van der Waals surface area contributed by atoms with Gasteiger partial charge in [0.2, 0.25) is 5.95 Å². The first-order valence-corrected chi connectivity index (χ1v) is 2.79. The van der Waals surface area contributed by atoms with Crippen molar-refractivity contribution in [2.45, 2.75) is 6.92 Å². The number of halogens is 1. The Hall–Kier alpha value is -0.855. The molecule has 0 aromatic carbocycles. The van der Waals surface area contributed by atoms with Crippen LogP contribution < -0.4 is 5.46 Å². The molecular weight excluding hydrogens is 116 g/mol. The van der Waals surface area contributed by atoms with Gasteiger partial charge in [0.05, 0.1) is 0 Å². The molecule has 1 aromatic rings. The summed E-state index contributed by atoms with van der Waals surface area (Å²) < 4.78 is 12.2. The van der Waals surface area contributed by atoms with Gasteiger partial charge in [0, 0.05) is 6.20 Å². The van der Waals surface area contributed by atoms with E-state index in [0.717, 1.165) is 11.0 Å². The molecule has 0 spiro atoms. The van der Waals surface area contributed by atoms with Crippen molar-refractivity contribution >= 4 is 13.3 Å². The lowest BCUT2D eigenvalue weighted by Crippen LogP contribution is -2.08. The normalized spacial score (nSPS) is 9.56.